The first-order valence-corrected chi connectivity index (χ1v) is 12.4. The fraction of sp³-hybridized carbons (Fsp3) is 0.241. The minimum atomic E-state index is -0.696. The average Bonchev–Trinajstić information content (AvgIpc) is 2.93. The molecule has 0 spiro atoms. The molecule has 0 saturated carbocycles. The summed E-state index contributed by atoms with van der Waals surface area (Å²) in [6.07, 6.45) is 1.91. The van der Waals surface area contributed by atoms with Crippen molar-refractivity contribution in [3.8, 4) is 29.1 Å². The molecule has 1 aliphatic heterocycles. The van der Waals surface area contributed by atoms with E-state index >= 15 is 0 Å². The molecule has 39 heavy (non-hydrogen) atoms. The van der Waals surface area contributed by atoms with Gasteiger partial charge in [-0.15, -0.1) is 0 Å². The molecule has 3 aromatic carbocycles. The quantitative estimate of drug-likeness (QED) is 0.116. The Morgan fingerprint density at radius 3 is 2.51 bits per heavy atom. The smallest absolute Gasteiger partial charge is 0.343 e. The van der Waals surface area contributed by atoms with E-state index in [1.807, 2.05) is 25.1 Å². The highest BCUT2D eigenvalue weighted by atomic mass is 16.6. The van der Waals surface area contributed by atoms with Crippen LogP contribution in [-0.2, 0) is 0 Å². The largest absolute Gasteiger partial charge is 0.490 e. The van der Waals surface area contributed by atoms with Crippen molar-refractivity contribution in [3.05, 3.63) is 98.9 Å². The minimum Gasteiger partial charge on any atom is -0.490 e. The Bertz CT molecular complexity index is 1460. The van der Waals surface area contributed by atoms with E-state index in [-0.39, 0.29) is 28.5 Å². The van der Waals surface area contributed by atoms with Gasteiger partial charge in [-0.2, -0.15) is 5.26 Å². The first-order valence-electron chi connectivity index (χ1n) is 12.4. The van der Waals surface area contributed by atoms with Gasteiger partial charge in [-0.25, -0.2) is 4.79 Å². The number of esters is 1. The van der Waals surface area contributed by atoms with Crippen LogP contribution in [0.2, 0.25) is 0 Å². The number of nitrogens with zero attached hydrogens (tertiary/aromatic N) is 2. The Labute approximate surface area is 225 Å². The molecule has 3 aromatic rings. The third-order valence-electron chi connectivity index (χ3n) is 6.07. The van der Waals surface area contributed by atoms with Crippen molar-refractivity contribution in [3.63, 3.8) is 0 Å². The summed E-state index contributed by atoms with van der Waals surface area (Å²) in [5.74, 6) is 0.370. The highest BCUT2D eigenvalue weighted by Gasteiger charge is 2.32. The second kappa shape index (κ2) is 12.0. The van der Waals surface area contributed by atoms with Gasteiger partial charge < -0.3 is 24.7 Å². The minimum absolute atomic E-state index is 0.0601. The van der Waals surface area contributed by atoms with Crippen molar-refractivity contribution in [1.82, 2.24) is 0 Å². The van der Waals surface area contributed by atoms with Crippen LogP contribution in [0.4, 0.5) is 5.69 Å². The maximum Gasteiger partial charge on any atom is 0.343 e. The van der Waals surface area contributed by atoms with Crippen molar-refractivity contribution in [1.29, 1.82) is 5.26 Å². The van der Waals surface area contributed by atoms with Crippen LogP contribution in [0.15, 0.2) is 72.1 Å². The monoisotopic (exact) mass is 529 g/mol. The van der Waals surface area contributed by atoms with Crippen molar-refractivity contribution < 1.29 is 28.7 Å². The molecule has 4 rings (SSSR count). The lowest BCUT2D eigenvalue weighted by molar-refractivity contribution is -0.384. The topological polar surface area (TPSA) is 147 Å². The van der Waals surface area contributed by atoms with Crippen LogP contribution in [0.3, 0.4) is 0 Å². The molecule has 0 aliphatic carbocycles. The molecule has 10 nitrogen and oxygen atoms in total. The van der Waals surface area contributed by atoms with Gasteiger partial charge in [0.1, 0.15) is 23.1 Å². The van der Waals surface area contributed by atoms with Gasteiger partial charge in [-0.05, 0) is 49.2 Å². The number of nitro benzene ring substituents is 1. The molecule has 0 radical (unpaired) electrons. The first kappa shape index (κ1) is 27.0. The maximum atomic E-state index is 12.6. The summed E-state index contributed by atoms with van der Waals surface area (Å²) in [4.78, 5) is 22.9. The van der Waals surface area contributed by atoms with Gasteiger partial charge in [0.2, 0.25) is 5.88 Å². The van der Waals surface area contributed by atoms with E-state index in [2.05, 4.69) is 13.0 Å². The summed E-state index contributed by atoms with van der Waals surface area (Å²) < 4.78 is 22.9. The number of ether oxygens (including phenoxy) is 4. The summed E-state index contributed by atoms with van der Waals surface area (Å²) in [5, 5.41) is 20.8. The van der Waals surface area contributed by atoms with Crippen molar-refractivity contribution in [2.45, 2.75) is 32.6 Å². The Morgan fingerprint density at radius 1 is 1.08 bits per heavy atom. The number of unbranched alkanes of at least 4 members (excludes halogenated alkanes) is 1. The number of hydrogen-bond donors (Lipinski definition) is 1. The highest BCUT2D eigenvalue weighted by molar-refractivity contribution is 5.91. The van der Waals surface area contributed by atoms with Crippen LogP contribution in [0, 0.1) is 21.4 Å². The second-order valence-corrected chi connectivity index (χ2v) is 8.66. The van der Waals surface area contributed by atoms with Crippen molar-refractivity contribution in [2.24, 2.45) is 5.73 Å². The molecule has 1 heterocycles. The summed E-state index contributed by atoms with van der Waals surface area (Å²) in [6, 6.07) is 17.5. The van der Waals surface area contributed by atoms with Crippen LogP contribution in [0.5, 0.6) is 23.0 Å². The first-order chi connectivity index (χ1) is 18.9. The van der Waals surface area contributed by atoms with E-state index in [0.717, 1.165) is 18.4 Å². The molecule has 0 aromatic heterocycles. The molecule has 1 aliphatic rings. The third kappa shape index (κ3) is 5.93. The number of hydrogen-bond acceptors (Lipinski definition) is 9. The average molecular weight is 530 g/mol. The SMILES string of the molecule is CCCCOc1ccc(C2C(C#N)=C(N)Oc3cc(OC(=O)c4ccc([N+](=O)[O-])cc4)ccc32)cc1OCC. The molecule has 1 atom stereocenters. The second-order valence-electron chi connectivity index (χ2n) is 8.66. The van der Waals surface area contributed by atoms with Crippen LogP contribution >= 0.6 is 0 Å². The van der Waals surface area contributed by atoms with Crippen LogP contribution in [0.25, 0.3) is 0 Å². The molecule has 200 valence electrons. The van der Waals surface area contributed by atoms with E-state index in [4.69, 9.17) is 24.7 Å². The van der Waals surface area contributed by atoms with Crippen LogP contribution < -0.4 is 24.7 Å². The summed E-state index contributed by atoms with van der Waals surface area (Å²) in [7, 11) is 0. The molecule has 0 bridgehead atoms. The van der Waals surface area contributed by atoms with Gasteiger partial charge >= 0.3 is 5.97 Å². The number of carbonyl (C=O) groups excluding carboxylic acids is 1. The van der Waals surface area contributed by atoms with E-state index in [1.165, 1.54) is 30.3 Å². The Hall–Kier alpha value is -5.04. The molecule has 0 amide bonds. The summed E-state index contributed by atoms with van der Waals surface area (Å²) in [6.45, 7) is 4.96. The fourth-order valence-corrected chi connectivity index (χ4v) is 4.15. The van der Waals surface area contributed by atoms with Gasteiger partial charge in [-0.1, -0.05) is 25.5 Å². The lowest BCUT2D eigenvalue weighted by atomic mass is 9.83. The number of rotatable bonds is 10. The standard InChI is InChI=1S/C29H27N3O7/c1-3-5-14-37-24-13-8-19(15-26(24)36-4-2)27-22-12-11-21(16-25(22)39-28(31)23(27)17-30)38-29(33)18-6-9-20(10-7-18)32(34)35/h6-13,15-16,27H,3-5,14,31H2,1-2H3. The predicted octanol–water partition coefficient (Wildman–Crippen LogP) is 5.61. The number of fused-ring (bicyclic) bond motifs is 1. The van der Waals surface area contributed by atoms with Gasteiger partial charge in [0.15, 0.2) is 11.5 Å². The van der Waals surface area contributed by atoms with Gasteiger partial charge in [-0.3, -0.25) is 10.1 Å². The summed E-state index contributed by atoms with van der Waals surface area (Å²) in [5.41, 5.74) is 7.79. The van der Waals surface area contributed by atoms with Crippen LogP contribution in [-0.4, -0.2) is 24.1 Å². The van der Waals surface area contributed by atoms with E-state index in [0.29, 0.717) is 36.0 Å². The fourth-order valence-electron chi connectivity index (χ4n) is 4.15. The molecular weight excluding hydrogens is 502 g/mol. The van der Waals surface area contributed by atoms with Crippen LogP contribution in [0.1, 0.15) is 54.1 Å². The molecule has 0 saturated heterocycles. The highest BCUT2D eigenvalue weighted by Crippen LogP contribution is 2.45. The number of nitriles is 1. The molecule has 1 unspecified atom stereocenters. The lowest BCUT2D eigenvalue weighted by Gasteiger charge is -2.27. The van der Waals surface area contributed by atoms with Crippen molar-refractivity contribution >= 4 is 11.7 Å². The van der Waals surface area contributed by atoms with Gasteiger partial charge in [0.05, 0.1) is 29.6 Å². The van der Waals surface area contributed by atoms with Gasteiger partial charge in [0.25, 0.3) is 5.69 Å². The molecule has 0 fully saturated rings. The van der Waals surface area contributed by atoms with Gasteiger partial charge in [0, 0.05) is 23.8 Å². The zero-order chi connectivity index (χ0) is 27.9. The number of carbonyl (C=O) groups is 1. The lowest BCUT2D eigenvalue weighted by Crippen LogP contribution is -2.21. The van der Waals surface area contributed by atoms with E-state index in [9.17, 15) is 20.2 Å². The number of benzene rings is 3. The third-order valence-corrected chi connectivity index (χ3v) is 6.07. The summed E-state index contributed by atoms with van der Waals surface area (Å²) >= 11 is 0. The molecule has 2 N–H and O–H groups in total. The maximum absolute atomic E-state index is 12.6. The molecule has 10 heteroatoms. The normalized spacial score (nSPS) is 14.0. The predicted molar refractivity (Wildman–Crippen MR) is 142 cm³/mol. The number of allylic oxidation sites excluding steroid dienone is 1. The van der Waals surface area contributed by atoms with E-state index < -0.39 is 16.8 Å². The zero-order valence-corrected chi connectivity index (χ0v) is 21.5. The number of nitro groups is 1. The van der Waals surface area contributed by atoms with Crippen molar-refractivity contribution in [2.75, 3.05) is 13.2 Å². The number of non-ortho nitro benzene ring substituents is 1. The molecular formula is C29H27N3O7. The Kier molecular flexibility index (Phi) is 8.31. The Balaban J connectivity index is 1.64. The zero-order valence-electron chi connectivity index (χ0n) is 21.5. The Morgan fingerprint density at radius 2 is 1.85 bits per heavy atom. The van der Waals surface area contributed by atoms with E-state index in [1.54, 1.807) is 12.1 Å². The number of nitrogens with two attached hydrogens (primary N) is 1.